The van der Waals surface area contributed by atoms with E-state index in [2.05, 4.69) is 10.5 Å². The van der Waals surface area contributed by atoms with Crippen LogP contribution in [0.15, 0.2) is 40.9 Å². The van der Waals surface area contributed by atoms with Gasteiger partial charge in [-0.3, -0.25) is 14.9 Å². The summed E-state index contributed by atoms with van der Waals surface area (Å²) in [7, 11) is 0. The number of benzene rings is 1. The summed E-state index contributed by atoms with van der Waals surface area (Å²) < 4.78 is 0. The number of non-ortho nitro benzene ring substituents is 1. The Labute approximate surface area is 101 Å². The summed E-state index contributed by atoms with van der Waals surface area (Å²) in [6.07, 6.45) is 0. The molecule has 18 heavy (non-hydrogen) atoms. The van der Waals surface area contributed by atoms with Crippen LogP contribution < -0.4 is 5.32 Å². The predicted molar refractivity (Wildman–Crippen MR) is 62.8 cm³/mol. The highest BCUT2D eigenvalue weighted by molar-refractivity contribution is 6.03. The molecule has 0 unspecified atom stereocenters. The Morgan fingerprint density at radius 3 is 2.33 bits per heavy atom. The summed E-state index contributed by atoms with van der Waals surface area (Å²) in [5.74, 6) is -1.40. The van der Waals surface area contributed by atoms with Gasteiger partial charge >= 0.3 is 0 Å². The van der Waals surface area contributed by atoms with Gasteiger partial charge in [-0.25, -0.2) is 0 Å². The summed E-state index contributed by atoms with van der Waals surface area (Å²) in [6.45, 7) is 1.14. The fourth-order valence-electron chi connectivity index (χ4n) is 1.13. The molecule has 2 N–H and O–H groups in total. The molecular formula is C10H9N3O5. The lowest BCUT2D eigenvalue weighted by Gasteiger charge is -2.03. The summed E-state index contributed by atoms with van der Waals surface area (Å²) in [4.78, 5) is 31.6. The molecule has 1 rings (SSSR count). The van der Waals surface area contributed by atoms with Crippen molar-refractivity contribution in [2.75, 3.05) is 5.32 Å². The van der Waals surface area contributed by atoms with E-state index in [1.165, 1.54) is 24.3 Å². The van der Waals surface area contributed by atoms with E-state index in [1.807, 2.05) is 0 Å². The number of nitrogens with one attached hydrogen (secondary N) is 1. The smallest absolute Gasteiger partial charge is 0.281 e. The zero-order valence-corrected chi connectivity index (χ0v) is 9.28. The lowest BCUT2D eigenvalue weighted by atomic mass is 10.2. The predicted octanol–water partition coefficient (Wildman–Crippen LogP) is 2.09. The standard InChI is InChI=1S/C10H9N3O5/c1-6(14)9(12-16)10(15)11-7-2-4-8(5-3-7)13(17)18/h2-5,14H,1H3,(H,11,15)/b9-6+. The number of hydrogen-bond acceptors (Lipinski definition) is 6. The maximum absolute atomic E-state index is 11.4. The zero-order chi connectivity index (χ0) is 13.7. The molecule has 8 heteroatoms. The molecule has 8 nitrogen and oxygen atoms in total. The topological polar surface area (TPSA) is 122 Å². The number of amides is 1. The molecule has 0 aromatic heterocycles. The van der Waals surface area contributed by atoms with Gasteiger partial charge in [0.05, 0.1) is 4.92 Å². The number of rotatable bonds is 4. The van der Waals surface area contributed by atoms with Crippen LogP contribution in [0.1, 0.15) is 6.92 Å². The molecule has 0 aliphatic carbocycles. The van der Waals surface area contributed by atoms with E-state index in [0.29, 0.717) is 0 Å². The van der Waals surface area contributed by atoms with E-state index < -0.39 is 22.3 Å². The Hall–Kier alpha value is -2.77. The van der Waals surface area contributed by atoms with Crippen molar-refractivity contribution < 1.29 is 14.8 Å². The van der Waals surface area contributed by atoms with Gasteiger partial charge in [0, 0.05) is 17.8 Å². The molecule has 0 bridgehead atoms. The second-order valence-corrected chi connectivity index (χ2v) is 3.28. The molecular weight excluding hydrogens is 242 g/mol. The van der Waals surface area contributed by atoms with E-state index in [-0.39, 0.29) is 11.4 Å². The third-order valence-corrected chi connectivity index (χ3v) is 1.99. The van der Waals surface area contributed by atoms with Gasteiger partial charge in [-0.2, -0.15) is 0 Å². The molecule has 0 saturated carbocycles. The molecule has 94 valence electrons. The van der Waals surface area contributed by atoms with Crippen molar-refractivity contribution >= 4 is 17.3 Å². The van der Waals surface area contributed by atoms with Crippen LogP contribution in [0, 0.1) is 15.0 Å². The van der Waals surface area contributed by atoms with Gasteiger partial charge in [0.1, 0.15) is 5.76 Å². The molecule has 0 saturated heterocycles. The minimum absolute atomic E-state index is 0.129. The van der Waals surface area contributed by atoms with Crippen molar-refractivity contribution in [3.63, 3.8) is 0 Å². The maximum atomic E-state index is 11.4. The first-order valence-corrected chi connectivity index (χ1v) is 4.74. The van der Waals surface area contributed by atoms with E-state index >= 15 is 0 Å². The summed E-state index contributed by atoms with van der Waals surface area (Å²) in [6, 6.07) is 4.98. The summed E-state index contributed by atoms with van der Waals surface area (Å²) in [5, 5.41) is 24.1. The van der Waals surface area contributed by atoms with Gasteiger partial charge in [-0.15, -0.1) is 4.91 Å². The second kappa shape index (κ2) is 5.53. The number of nitro groups is 1. The van der Waals surface area contributed by atoms with E-state index in [9.17, 15) is 19.8 Å². The fraction of sp³-hybridized carbons (Fsp3) is 0.100. The Kier molecular flexibility index (Phi) is 4.08. The van der Waals surface area contributed by atoms with Gasteiger partial charge in [0.15, 0.2) is 0 Å². The largest absolute Gasteiger partial charge is 0.510 e. The van der Waals surface area contributed by atoms with Crippen LogP contribution in [0.5, 0.6) is 0 Å². The van der Waals surface area contributed by atoms with Crippen LogP contribution >= 0.6 is 0 Å². The SMILES string of the molecule is C/C(O)=C(\N=O)C(=O)Nc1ccc([N+](=O)[O-])cc1. The van der Waals surface area contributed by atoms with Crippen LogP contribution in [-0.4, -0.2) is 15.9 Å². The number of allylic oxidation sites excluding steroid dienone is 1. The van der Waals surface area contributed by atoms with E-state index in [4.69, 9.17) is 5.11 Å². The lowest BCUT2D eigenvalue weighted by Crippen LogP contribution is -2.14. The van der Waals surface area contributed by atoms with Crippen LogP contribution in [0.4, 0.5) is 11.4 Å². The second-order valence-electron chi connectivity index (χ2n) is 3.28. The number of nitrogens with zero attached hydrogens (tertiary/aromatic N) is 2. The Bertz CT molecular complexity index is 517. The average molecular weight is 251 g/mol. The van der Waals surface area contributed by atoms with Crippen molar-refractivity contribution in [3.8, 4) is 0 Å². The quantitative estimate of drug-likeness (QED) is 0.279. The highest BCUT2D eigenvalue weighted by Gasteiger charge is 2.14. The summed E-state index contributed by atoms with van der Waals surface area (Å²) in [5.41, 5.74) is -0.531. The number of carbonyl (C=O) groups excluding carboxylic acids is 1. The number of anilines is 1. The first-order valence-electron chi connectivity index (χ1n) is 4.74. The van der Waals surface area contributed by atoms with Gasteiger partial charge in [0.2, 0.25) is 5.70 Å². The number of nitroso groups, excluding NO2 is 1. The summed E-state index contributed by atoms with van der Waals surface area (Å²) >= 11 is 0. The minimum atomic E-state index is -0.890. The molecule has 1 amide bonds. The van der Waals surface area contributed by atoms with E-state index in [0.717, 1.165) is 6.92 Å². The molecule has 0 radical (unpaired) electrons. The first-order chi connectivity index (χ1) is 8.45. The van der Waals surface area contributed by atoms with Crippen molar-refractivity contribution in [1.82, 2.24) is 0 Å². The van der Waals surface area contributed by atoms with Crippen LogP contribution in [0.3, 0.4) is 0 Å². The third kappa shape index (κ3) is 3.11. The highest BCUT2D eigenvalue weighted by atomic mass is 16.6. The monoisotopic (exact) mass is 251 g/mol. The first kappa shape index (κ1) is 13.3. The Balaban J connectivity index is 2.86. The van der Waals surface area contributed by atoms with Crippen molar-refractivity contribution in [2.24, 2.45) is 5.18 Å². The van der Waals surface area contributed by atoms with Crippen molar-refractivity contribution in [2.45, 2.75) is 6.92 Å². The minimum Gasteiger partial charge on any atom is -0.510 e. The van der Waals surface area contributed by atoms with Crippen LogP contribution in [0.2, 0.25) is 0 Å². The molecule has 0 aliphatic rings. The number of carbonyl (C=O) groups is 1. The van der Waals surface area contributed by atoms with Gasteiger partial charge in [-0.1, -0.05) is 0 Å². The van der Waals surface area contributed by atoms with Crippen molar-refractivity contribution in [3.05, 3.63) is 50.7 Å². The molecule has 1 aromatic rings. The maximum Gasteiger partial charge on any atom is 0.281 e. The normalized spacial score (nSPS) is 11.4. The van der Waals surface area contributed by atoms with Gasteiger partial charge in [-0.05, 0) is 24.2 Å². The molecule has 0 atom stereocenters. The number of aliphatic hydroxyl groups excluding tert-OH is 1. The third-order valence-electron chi connectivity index (χ3n) is 1.99. The number of hydrogen-bond donors (Lipinski definition) is 2. The lowest BCUT2D eigenvalue weighted by molar-refractivity contribution is -0.384. The number of nitro benzene ring substituents is 1. The fourth-order valence-corrected chi connectivity index (χ4v) is 1.13. The van der Waals surface area contributed by atoms with Crippen LogP contribution in [0.25, 0.3) is 0 Å². The Morgan fingerprint density at radius 1 is 1.39 bits per heavy atom. The molecule has 0 heterocycles. The van der Waals surface area contributed by atoms with Crippen LogP contribution in [-0.2, 0) is 4.79 Å². The highest BCUT2D eigenvalue weighted by Crippen LogP contribution is 2.16. The molecule has 0 spiro atoms. The zero-order valence-electron chi connectivity index (χ0n) is 9.28. The Morgan fingerprint density at radius 2 is 1.94 bits per heavy atom. The van der Waals surface area contributed by atoms with Crippen molar-refractivity contribution in [1.29, 1.82) is 0 Å². The molecule has 0 aliphatic heterocycles. The van der Waals surface area contributed by atoms with Gasteiger partial charge < -0.3 is 10.4 Å². The molecule has 1 aromatic carbocycles. The average Bonchev–Trinajstić information content (AvgIpc) is 2.29. The van der Waals surface area contributed by atoms with Gasteiger partial charge in [0.25, 0.3) is 11.6 Å². The number of aliphatic hydroxyl groups is 1. The van der Waals surface area contributed by atoms with E-state index in [1.54, 1.807) is 0 Å². The molecule has 0 fully saturated rings.